The van der Waals surface area contributed by atoms with Gasteiger partial charge in [0, 0.05) is 6.20 Å². The molecule has 0 bridgehead atoms. The Balaban J connectivity index is 1.76. The molecule has 1 atom stereocenters. The van der Waals surface area contributed by atoms with E-state index in [1.54, 1.807) is 6.07 Å². The number of aromatic nitrogens is 1. The van der Waals surface area contributed by atoms with E-state index in [-0.39, 0.29) is 36.8 Å². The molecule has 0 spiro atoms. The monoisotopic (exact) mass is 431 g/mol. The molecule has 1 aliphatic heterocycles. The van der Waals surface area contributed by atoms with Crippen LogP contribution in [0.15, 0.2) is 59.8 Å². The SMILES string of the molecule is O=C1CNCCC[C@@H]1N(C(=O)CCOCc1ccccc1)S(=O)(=O)c1ccccn1. The van der Waals surface area contributed by atoms with Crippen molar-refractivity contribution < 1.29 is 22.7 Å². The molecule has 8 nitrogen and oxygen atoms in total. The summed E-state index contributed by atoms with van der Waals surface area (Å²) in [6.07, 6.45) is 2.04. The van der Waals surface area contributed by atoms with Crippen LogP contribution >= 0.6 is 0 Å². The quantitative estimate of drug-likeness (QED) is 0.632. The number of sulfonamides is 1. The molecule has 9 heteroatoms. The molecule has 1 amide bonds. The molecule has 1 saturated heterocycles. The van der Waals surface area contributed by atoms with E-state index < -0.39 is 22.0 Å². The average molecular weight is 432 g/mol. The third-order valence-electron chi connectivity index (χ3n) is 4.76. The summed E-state index contributed by atoms with van der Waals surface area (Å²) in [5.74, 6) is -1.00. The minimum atomic E-state index is -4.27. The third-order valence-corrected chi connectivity index (χ3v) is 6.51. The lowest BCUT2D eigenvalue weighted by molar-refractivity contribution is -0.134. The second-order valence-electron chi connectivity index (χ2n) is 6.95. The Hall–Kier alpha value is -2.62. The van der Waals surface area contributed by atoms with Gasteiger partial charge in [-0.3, -0.25) is 9.59 Å². The third kappa shape index (κ3) is 5.50. The van der Waals surface area contributed by atoms with Crippen molar-refractivity contribution in [3.63, 3.8) is 0 Å². The van der Waals surface area contributed by atoms with Crippen LogP contribution < -0.4 is 5.32 Å². The Labute approximate surface area is 176 Å². The molecular weight excluding hydrogens is 406 g/mol. The van der Waals surface area contributed by atoms with Gasteiger partial charge in [0.2, 0.25) is 5.91 Å². The van der Waals surface area contributed by atoms with E-state index in [2.05, 4.69) is 10.3 Å². The highest BCUT2D eigenvalue weighted by atomic mass is 32.2. The summed E-state index contributed by atoms with van der Waals surface area (Å²) in [7, 11) is -4.27. The number of Topliss-reactive ketones (excluding diaryl/α,β-unsaturated/α-hetero) is 1. The van der Waals surface area contributed by atoms with Gasteiger partial charge >= 0.3 is 0 Å². The van der Waals surface area contributed by atoms with Crippen molar-refractivity contribution >= 4 is 21.7 Å². The van der Waals surface area contributed by atoms with Crippen LogP contribution in [0, 0.1) is 0 Å². The molecule has 1 aliphatic rings. The van der Waals surface area contributed by atoms with Crippen LogP contribution in [0.1, 0.15) is 24.8 Å². The summed E-state index contributed by atoms with van der Waals surface area (Å²) >= 11 is 0. The smallest absolute Gasteiger partial charge is 0.284 e. The molecule has 1 aromatic carbocycles. The molecule has 160 valence electrons. The maximum Gasteiger partial charge on any atom is 0.284 e. The van der Waals surface area contributed by atoms with Crippen molar-refractivity contribution in [1.82, 2.24) is 14.6 Å². The summed E-state index contributed by atoms with van der Waals surface area (Å²) in [6.45, 7) is 0.972. The van der Waals surface area contributed by atoms with Gasteiger partial charge in [0.25, 0.3) is 10.0 Å². The number of amides is 1. The van der Waals surface area contributed by atoms with Crippen molar-refractivity contribution in [2.75, 3.05) is 19.7 Å². The van der Waals surface area contributed by atoms with Crippen LogP contribution in [0.25, 0.3) is 0 Å². The summed E-state index contributed by atoms with van der Waals surface area (Å²) in [4.78, 5) is 29.5. The molecule has 0 radical (unpaired) electrons. The lowest BCUT2D eigenvalue weighted by Crippen LogP contribution is -2.50. The minimum Gasteiger partial charge on any atom is -0.376 e. The zero-order valence-electron chi connectivity index (χ0n) is 16.6. The number of ketones is 1. The number of hydrogen-bond donors (Lipinski definition) is 1. The summed E-state index contributed by atoms with van der Waals surface area (Å²) in [5.41, 5.74) is 0.952. The first kappa shape index (κ1) is 22.1. The fourth-order valence-electron chi connectivity index (χ4n) is 3.27. The molecule has 1 fully saturated rings. The number of nitrogens with zero attached hydrogens (tertiary/aromatic N) is 2. The Kier molecular flexibility index (Phi) is 7.67. The first-order chi connectivity index (χ1) is 14.5. The molecular formula is C21H25N3O5S. The molecule has 0 saturated carbocycles. The number of carbonyl (C=O) groups is 2. The number of nitrogens with one attached hydrogen (secondary N) is 1. The van der Waals surface area contributed by atoms with Gasteiger partial charge in [-0.15, -0.1) is 0 Å². The first-order valence-electron chi connectivity index (χ1n) is 9.83. The van der Waals surface area contributed by atoms with E-state index in [1.165, 1.54) is 18.3 Å². The van der Waals surface area contributed by atoms with Crippen LogP contribution in [0.3, 0.4) is 0 Å². The molecule has 0 aliphatic carbocycles. The van der Waals surface area contributed by atoms with Crippen molar-refractivity contribution in [2.24, 2.45) is 0 Å². The van der Waals surface area contributed by atoms with Gasteiger partial charge in [0.15, 0.2) is 10.8 Å². The molecule has 2 aromatic rings. The predicted octanol–water partition coefficient (Wildman–Crippen LogP) is 1.53. The Morgan fingerprint density at radius 2 is 1.93 bits per heavy atom. The molecule has 30 heavy (non-hydrogen) atoms. The van der Waals surface area contributed by atoms with Crippen LogP contribution in [0.2, 0.25) is 0 Å². The fraction of sp³-hybridized carbons (Fsp3) is 0.381. The van der Waals surface area contributed by atoms with E-state index in [4.69, 9.17) is 4.74 Å². The van der Waals surface area contributed by atoms with Gasteiger partial charge in [0.05, 0.1) is 26.2 Å². The van der Waals surface area contributed by atoms with Crippen molar-refractivity contribution in [1.29, 1.82) is 0 Å². The van der Waals surface area contributed by atoms with Gasteiger partial charge in [0.1, 0.15) is 6.04 Å². The Morgan fingerprint density at radius 3 is 2.67 bits per heavy atom. The summed E-state index contributed by atoms with van der Waals surface area (Å²) < 4.78 is 32.7. The zero-order valence-corrected chi connectivity index (χ0v) is 17.4. The van der Waals surface area contributed by atoms with Crippen molar-refractivity contribution in [3.8, 4) is 0 Å². The predicted molar refractivity (Wildman–Crippen MR) is 110 cm³/mol. The van der Waals surface area contributed by atoms with E-state index >= 15 is 0 Å². The first-order valence-corrected chi connectivity index (χ1v) is 11.3. The summed E-state index contributed by atoms with van der Waals surface area (Å²) in [6, 6.07) is 12.9. The highest BCUT2D eigenvalue weighted by molar-refractivity contribution is 7.89. The number of rotatable bonds is 8. The Morgan fingerprint density at radius 1 is 1.17 bits per heavy atom. The van der Waals surface area contributed by atoms with Crippen LogP contribution in [-0.2, 0) is 31.0 Å². The number of benzene rings is 1. The number of carbonyl (C=O) groups excluding carboxylic acids is 2. The van der Waals surface area contributed by atoms with Gasteiger partial charge in [-0.2, -0.15) is 8.42 Å². The lowest BCUT2D eigenvalue weighted by atomic mass is 10.1. The molecule has 1 aromatic heterocycles. The van der Waals surface area contributed by atoms with E-state index in [9.17, 15) is 18.0 Å². The minimum absolute atomic E-state index is 0.0245. The van der Waals surface area contributed by atoms with E-state index in [1.807, 2.05) is 30.3 Å². The fourth-order valence-corrected chi connectivity index (χ4v) is 4.83. The van der Waals surface area contributed by atoms with Gasteiger partial charge in [-0.25, -0.2) is 9.29 Å². The zero-order chi connectivity index (χ0) is 21.4. The Bertz CT molecular complexity index is 951. The van der Waals surface area contributed by atoms with Crippen molar-refractivity contribution in [3.05, 3.63) is 60.3 Å². The maximum atomic E-state index is 13.2. The van der Waals surface area contributed by atoms with Gasteiger partial charge in [-0.05, 0) is 37.1 Å². The summed E-state index contributed by atoms with van der Waals surface area (Å²) in [5, 5.41) is 2.70. The van der Waals surface area contributed by atoms with E-state index in [0.717, 1.165) is 9.87 Å². The second-order valence-corrected chi connectivity index (χ2v) is 8.71. The largest absolute Gasteiger partial charge is 0.376 e. The highest BCUT2D eigenvalue weighted by Gasteiger charge is 2.39. The normalized spacial score (nSPS) is 17.3. The van der Waals surface area contributed by atoms with Gasteiger partial charge < -0.3 is 10.1 Å². The number of pyridine rings is 1. The average Bonchev–Trinajstić information content (AvgIpc) is 2.97. The van der Waals surface area contributed by atoms with E-state index in [0.29, 0.717) is 19.6 Å². The topological polar surface area (TPSA) is 106 Å². The van der Waals surface area contributed by atoms with Crippen molar-refractivity contribution in [2.45, 2.75) is 36.9 Å². The molecule has 1 N–H and O–H groups in total. The van der Waals surface area contributed by atoms with Crippen LogP contribution in [-0.4, -0.2) is 55.1 Å². The molecule has 3 rings (SSSR count). The number of hydrogen-bond acceptors (Lipinski definition) is 7. The van der Waals surface area contributed by atoms with Gasteiger partial charge in [-0.1, -0.05) is 36.4 Å². The lowest BCUT2D eigenvalue weighted by Gasteiger charge is -2.29. The van der Waals surface area contributed by atoms with Crippen LogP contribution in [0.5, 0.6) is 0 Å². The van der Waals surface area contributed by atoms with Crippen LogP contribution in [0.4, 0.5) is 0 Å². The maximum absolute atomic E-state index is 13.2. The molecule has 0 unspecified atom stereocenters. The highest BCUT2D eigenvalue weighted by Crippen LogP contribution is 2.22. The standard InChI is InChI=1S/C21H25N3O5S/c25-19-15-22-12-6-9-18(19)24(30(27,28)20-10-4-5-13-23-20)21(26)11-14-29-16-17-7-2-1-3-8-17/h1-5,7-8,10,13,18,22H,6,9,11-12,14-16H2/t18-/m0/s1. The second kappa shape index (κ2) is 10.4. The number of ether oxygens (including phenoxy) is 1. The molecule has 2 heterocycles.